The van der Waals surface area contributed by atoms with Crippen LogP contribution in [-0.4, -0.2) is 68.4 Å². The standard InChI is InChI=1S/C24H40N4O3.HI/c1-7-30-22(17(2)3)12-13-26-24(25-6)27-14-20-8-10-21(11-9-20)23(29)28-15-18(4)31-19(5)16-28;/h8-11,17-19,22H,7,12-16H2,1-6H3,(H2,25,26,27);1H. The molecule has 3 unspecified atom stereocenters. The van der Waals surface area contributed by atoms with Crippen molar-refractivity contribution < 1.29 is 14.3 Å². The van der Waals surface area contributed by atoms with E-state index in [4.69, 9.17) is 9.47 Å². The van der Waals surface area contributed by atoms with Crippen molar-refractivity contribution in [2.45, 2.75) is 65.9 Å². The molecule has 1 aromatic rings. The molecule has 32 heavy (non-hydrogen) atoms. The van der Waals surface area contributed by atoms with Crippen LogP contribution in [0.2, 0.25) is 0 Å². The molecule has 1 aromatic carbocycles. The maximum Gasteiger partial charge on any atom is 0.254 e. The Kier molecular flexibility index (Phi) is 13.2. The lowest BCUT2D eigenvalue weighted by atomic mass is 10.0. The van der Waals surface area contributed by atoms with Crippen LogP contribution in [0.1, 0.15) is 57.0 Å². The predicted octanol–water partition coefficient (Wildman–Crippen LogP) is 3.67. The number of benzene rings is 1. The highest BCUT2D eigenvalue weighted by Crippen LogP contribution is 2.15. The molecule has 0 radical (unpaired) electrons. The zero-order chi connectivity index (χ0) is 22.8. The van der Waals surface area contributed by atoms with Gasteiger partial charge < -0.3 is 25.0 Å². The van der Waals surface area contributed by atoms with Crippen molar-refractivity contribution in [3.05, 3.63) is 35.4 Å². The average Bonchev–Trinajstić information content (AvgIpc) is 2.74. The quantitative estimate of drug-likeness (QED) is 0.274. The van der Waals surface area contributed by atoms with Gasteiger partial charge in [-0.2, -0.15) is 0 Å². The van der Waals surface area contributed by atoms with Crippen molar-refractivity contribution in [2.75, 3.05) is 33.3 Å². The van der Waals surface area contributed by atoms with E-state index in [1.807, 2.05) is 49.9 Å². The minimum atomic E-state index is 0. The highest BCUT2D eigenvalue weighted by molar-refractivity contribution is 14.0. The lowest BCUT2D eigenvalue weighted by Crippen LogP contribution is -2.48. The van der Waals surface area contributed by atoms with Gasteiger partial charge in [0.25, 0.3) is 5.91 Å². The summed E-state index contributed by atoms with van der Waals surface area (Å²) in [4.78, 5) is 19.0. The normalized spacial score (nSPS) is 20.0. The van der Waals surface area contributed by atoms with Gasteiger partial charge in [-0.1, -0.05) is 26.0 Å². The Balaban J connectivity index is 0.00000512. The summed E-state index contributed by atoms with van der Waals surface area (Å²) in [5.74, 6) is 1.31. The number of amides is 1. The number of hydrogen-bond acceptors (Lipinski definition) is 4. The number of nitrogens with one attached hydrogen (secondary N) is 2. The molecule has 1 saturated heterocycles. The number of halogens is 1. The fraction of sp³-hybridized carbons (Fsp3) is 0.667. The molecule has 1 heterocycles. The number of morpholine rings is 1. The molecule has 0 bridgehead atoms. The first kappa shape index (κ1) is 28.6. The van der Waals surface area contributed by atoms with E-state index in [-0.39, 0.29) is 48.2 Å². The summed E-state index contributed by atoms with van der Waals surface area (Å²) in [6.45, 7) is 13.8. The van der Waals surface area contributed by atoms with Gasteiger partial charge in [0.1, 0.15) is 0 Å². The Hall–Kier alpha value is -1.39. The smallest absolute Gasteiger partial charge is 0.254 e. The number of nitrogens with zero attached hydrogens (tertiary/aromatic N) is 2. The fourth-order valence-electron chi connectivity index (χ4n) is 3.85. The second-order valence-corrected chi connectivity index (χ2v) is 8.54. The summed E-state index contributed by atoms with van der Waals surface area (Å²) in [5, 5.41) is 6.68. The molecule has 2 rings (SSSR count). The second kappa shape index (κ2) is 14.7. The Morgan fingerprint density at radius 2 is 1.81 bits per heavy atom. The second-order valence-electron chi connectivity index (χ2n) is 8.54. The zero-order valence-corrected chi connectivity index (χ0v) is 22.7. The molecule has 0 aliphatic carbocycles. The van der Waals surface area contributed by atoms with Crippen LogP contribution in [0.3, 0.4) is 0 Å². The number of rotatable bonds is 9. The molecule has 182 valence electrons. The molecule has 0 spiro atoms. The third-order valence-corrected chi connectivity index (χ3v) is 5.44. The number of ether oxygens (including phenoxy) is 2. The third kappa shape index (κ3) is 9.23. The van der Waals surface area contributed by atoms with Gasteiger partial charge in [0.05, 0.1) is 18.3 Å². The molecular formula is C24H41IN4O3. The summed E-state index contributed by atoms with van der Waals surface area (Å²) < 4.78 is 11.5. The van der Waals surface area contributed by atoms with E-state index in [0.717, 1.165) is 31.1 Å². The minimum absolute atomic E-state index is 0. The summed E-state index contributed by atoms with van der Waals surface area (Å²) in [5.41, 5.74) is 1.81. The Bertz CT molecular complexity index is 702. The van der Waals surface area contributed by atoms with Crippen LogP contribution < -0.4 is 10.6 Å². The van der Waals surface area contributed by atoms with E-state index in [2.05, 4.69) is 29.5 Å². The van der Waals surface area contributed by atoms with Crippen LogP contribution in [0.5, 0.6) is 0 Å². The molecule has 1 aliphatic heterocycles. The Morgan fingerprint density at radius 3 is 2.34 bits per heavy atom. The molecule has 0 saturated carbocycles. The van der Waals surface area contributed by atoms with E-state index >= 15 is 0 Å². The van der Waals surface area contributed by atoms with Crippen molar-refractivity contribution in [3.63, 3.8) is 0 Å². The number of aliphatic imine (C=N–C) groups is 1. The minimum Gasteiger partial charge on any atom is -0.378 e. The highest BCUT2D eigenvalue weighted by atomic mass is 127. The number of carbonyl (C=O) groups excluding carboxylic acids is 1. The summed E-state index contributed by atoms with van der Waals surface area (Å²) in [6.07, 6.45) is 1.32. The first-order valence-corrected chi connectivity index (χ1v) is 11.4. The lowest BCUT2D eigenvalue weighted by molar-refractivity contribution is -0.0586. The van der Waals surface area contributed by atoms with Gasteiger partial charge in [-0.3, -0.25) is 9.79 Å². The SMILES string of the molecule is CCOC(CCNC(=NC)NCc1ccc(C(=O)N2CC(C)OC(C)C2)cc1)C(C)C.I. The van der Waals surface area contributed by atoms with Crippen LogP contribution in [0.4, 0.5) is 0 Å². The van der Waals surface area contributed by atoms with Crippen molar-refractivity contribution in [1.29, 1.82) is 0 Å². The first-order chi connectivity index (χ1) is 14.8. The van der Waals surface area contributed by atoms with Crippen molar-refractivity contribution in [3.8, 4) is 0 Å². The van der Waals surface area contributed by atoms with Gasteiger partial charge in [-0.25, -0.2) is 0 Å². The van der Waals surface area contributed by atoms with Gasteiger partial charge in [0.2, 0.25) is 0 Å². The van der Waals surface area contributed by atoms with Gasteiger partial charge in [0, 0.05) is 45.4 Å². The maximum atomic E-state index is 12.8. The molecule has 2 N–H and O–H groups in total. The molecule has 0 aromatic heterocycles. The largest absolute Gasteiger partial charge is 0.378 e. The fourth-order valence-corrected chi connectivity index (χ4v) is 3.85. The van der Waals surface area contributed by atoms with Crippen LogP contribution in [0, 0.1) is 5.92 Å². The van der Waals surface area contributed by atoms with Gasteiger partial charge in [-0.15, -0.1) is 24.0 Å². The number of carbonyl (C=O) groups is 1. The van der Waals surface area contributed by atoms with Gasteiger partial charge in [-0.05, 0) is 50.8 Å². The monoisotopic (exact) mass is 560 g/mol. The van der Waals surface area contributed by atoms with E-state index in [1.54, 1.807) is 7.05 Å². The molecule has 8 heteroatoms. The van der Waals surface area contributed by atoms with Crippen LogP contribution >= 0.6 is 24.0 Å². The van der Waals surface area contributed by atoms with E-state index in [9.17, 15) is 4.79 Å². The molecule has 3 atom stereocenters. The first-order valence-electron chi connectivity index (χ1n) is 11.4. The Labute approximate surface area is 210 Å². The van der Waals surface area contributed by atoms with E-state index in [1.165, 1.54) is 0 Å². The molecule has 7 nitrogen and oxygen atoms in total. The van der Waals surface area contributed by atoms with Crippen LogP contribution in [0.25, 0.3) is 0 Å². The summed E-state index contributed by atoms with van der Waals surface area (Å²) >= 11 is 0. The highest BCUT2D eigenvalue weighted by Gasteiger charge is 2.26. The van der Waals surface area contributed by atoms with Gasteiger partial charge in [0.15, 0.2) is 5.96 Å². The zero-order valence-electron chi connectivity index (χ0n) is 20.4. The van der Waals surface area contributed by atoms with Crippen molar-refractivity contribution >= 4 is 35.8 Å². The summed E-state index contributed by atoms with van der Waals surface area (Å²) in [6, 6.07) is 7.78. The van der Waals surface area contributed by atoms with Gasteiger partial charge >= 0.3 is 0 Å². The van der Waals surface area contributed by atoms with Crippen molar-refractivity contribution in [2.24, 2.45) is 10.9 Å². The summed E-state index contributed by atoms with van der Waals surface area (Å²) in [7, 11) is 1.77. The molecule has 1 fully saturated rings. The lowest BCUT2D eigenvalue weighted by Gasteiger charge is -2.35. The Morgan fingerprint density at radius 1 is 1.19 bits per heavy atom. The predicted molar refractivity (Wildman–Crippen MR) is 141 cm³/mol. The third-order valence-electron chi connectivity index (χ3n) is 5.44. The van der Waals surface area contributed by atoms with E-state index in [0.29, 0.717) is 31.1 Å². The number of hydrogen-bond donors (Lipinski definition) is 2. The molecule has 1 aliphatic rings. The van der Waals surface area contributed by atoms with Crippen LogP contribution in [0.15, 0.2) is 29.3 Å². The topological polar surface area (TPSA) is 75.2 Å². The van der Waals surface area contributed by atoms with E-state index < -0.39 is 0 Å². The van der Waals surface area contributed by atoms with Crippen molar-refractivity contribution in [1.82, 2.24) is 15.5 Å². The number of guanidine groups is 1. The molecular weight excluding hydrogens is 519 g/mol. The average molecular weight is 561 g/mol. The maximum absolute atomic E-state index is 12.8. The molecule has 1 amide bonds. The van der Waals surface area contributed by atoms with Crippen LogP contribution in [-0.2, 0) is 16.0 Å².